The first kappa shape index (κ1) is 18.1. The van der Waals surface area contributed by atoms with Crippen molar-refractivity contribution in [1.29, 1.82) is 0 Å². The van der Waals surface area contributed by atoms with Gasteiger partial charge in [0.2, 0.25) is 0 Å². The van der Waals surface area contributed by atoms with Crippen molar-refractivity contribution in [2.45, 2.75) is 45.1 Å². The Morgan fingerprint density at radius 1 is 1.12 bits per heavy atom. The van der Waals surface area contributed by atoms with Crippen molar-refractivity contribution in [1.82, 2.24) is 4.90 Å². The van der Waals surface area contributed by atoms with E-state index in [2.05, 4.69) is 0 Å². The Kier molecular flexibility index (Phi) is 5.52. The minimum atomic E-state index is -0.134. The summed E-state index contributed by atoms with van der Waals surface area (Å²) >= 11 is 1.07. The number of nitrogens with zero attached hydrogens (tertiary/aromatic N) is 2. The summed E-state index contributed by atoms with van der Waals surface area (Å²) in [5.41, 5.74) is 2.05. The lowest BCUT2D eigenvalue weighted by Crippen LogP contribution is -2.42. The maximum atomic E-state index is 12.8. The van der Waals surface area contributed by atoms with Gasteiger partial charge in [0.15, 0.2) is 0 Å². The van der Waals surface area contributed by atoms with Crippen molar-refractivity contribution in [2.24, 2.45) is 5.92 Å². The van der Waals surface area contributed by atoms with Crippen LogP contribution in [0.2, 0.25) is 0 Å². The number of hydrogen-bond donors (Lipinski definition) is 0. The van der Waals surface area contributed by atoms with Gasteiger partial charge in [-0.05, 0) is 61.2 Å². The molecule has 25 heavy (non-hydrogen) atoms. The molecule has 3 rings (SSSR count). The number of benzene rings is 1. The van der Waals surface area contributed by atoms with Gasteiger partial charge in [0, 0.05) is 25.8 Å². The van der Waals surface area contributed by atoms with Gasteiger partial charge in [0.25, 0.3) is 11.1 Å². The normalized spacial score (nSPS) is 21.9. The molecule has 0 spiro atoms. The van der Waals surface area contributed by atoms with Gasteiger partial charge < -0.3 is 4.90 Å². The summed E-state index contributed by atoms with van der Waals surface area (Å²) in [6.45, 7) is 2.03. The average Bonchev–Trinajstić information content (AvgIpc) is 2.89. The summed E-state index contributed by atoms with van der Waals surface area (Å²) in [7, 11) is 3.99. The SMILES string of the molecule is CC(C1CCCCC1)N1C(=O)S/C(=C\c2ccc(N(C)C)cc2)C1=O. The van der Waals surface area contributed by atoms with Crippen LogP contribution >= 0.6 is 11.8 Å². The number of thioether (sulfide) groups is 1. The second-order valence-electron chi connectivity index (χ2n) is 7.18. The molecule has 4 nitrogen and oxygen atoms in total. The van der Waals surface area contributed by atoms with E-state index in [0.717, 1.165) is 35.9 Å². The van der Waals surface area contributed by atoms with E-state index in [1.807, 2.05) is 56.3 Å². The molecule has 2 amide bonds. The highest BCUT2D eigenvalue weighted by molar-refractivity contribution is 8.18. The Hall–Kier alpha value is -1.75. The molecule has 5 heteroatoms. The highest BCUT2D eigenvalue weighted by atomic mass is 32.2. The van der Waals surface area contributed by atoms with Crippen LogP contribution in [-0.4, -0.2) is 36.2 Å². The number of anilines is 1. The van der Waals surface area contributed by atoms with Gasteiger partial charge in [-0.2, -0.15) is 0 Å². The molecule has 0 radical (unpaired) electrons. The van der Waals surface area contributed by atoms with E-state index in [1.165, 1.54) is 24.2 Å². The van der Waals surface area contributed by atoms with E-state index in [-0.39, 0.29) is 17.2 Å². The van der Waals surface area contributed by atoms with Crippen molar-refractivity contribution in [3.8, 4) is 0 Å². The Bertz CT molecular complexity index is 675. The zero-order valence-corrected chi connectivity index (χ0v) is 16.0. The lowest BCUT2D eigenvalue weighted by atomic mass is 9.84. The summed E-state index contributed by atoms with van der Waals surface area (Å²) in [6.07, 6.45) is 7.76. The van der Waals surface area contributed by atoms with Crippen molar-refractivity contribution in [2.75, 3.05) is 19.0 Å². The average molecular weight is 359 g/mol. The van der Waals surface area contributed by atoms with Crippen LogP contribution in [0.3, 0.4) is 0 Å². The van der Waals surface area contributed by atoms with E-state index in [9.17, 15) is 9.59 Å². The molecule has 1 unspecified atom stereocenters. The van der Waals surface area contributed by atoms with Gasteiger partial charge in [0.1, 0.15) is 0 Å². The molecule has 1 aliphatic carbocycles. The molecule has 1 saturated carbocycles. The Labute approximate surface area is 154 Å². The van der Waals surface area contributed by atoms with Crippen LogP contribution in [0.4, 0.5) is 10.5 Å². The number of amides is 2. The van der Waals surface area contributed by atoms with Gasteiger partial charge in [-0.15, -0.1) is 0 Å². The van der Waals surface area contributed by atoms with Crippen LogP contribution < -0.4 is 4.90 Å². The monoisotopic (exact) mass is 358 g/mol. The summed E-state index contributed by atoms with van der Waals surface area (Å²) < 4.78 is 0. The molecule has 1 aromatic carbocycles. The molecule has 0 aromatic heterocycles. The van der Waals surface area contributed by atoms with E-state index in [1.54, 1.807) is 0 Å². The minimum absolute atomic E-state index is 0.00480. The van der Waals surface area contributed by atoms with E-state index in [4.69, 9.17) is 0 Å². The first-order valence-corrected chi connectivity index (χ1v) is 9.83. The highest BCUT2D eigenvalue weighted by Gasteiger charge is 2.40. The third-order valence-corrected chi connectivity index (χ3v) is 6.15. The number of carbonyl (C=O) groups excluding carboxylic acids is 2. The Morgan fingerprint density at radius 2 is 1.76 bits per heavy atom. The molecule has 134 valence electrons. The molecule has 1 saturated heterocycles. The second kappa shape index (κ2) is 7.65. The van der Waals surface area contributed by atoms with Crippen LogP contribution in [0, 0.1) is 5.92 Å². The predicted molar refractivity (Wildman–Crippen MR) is 105 cm³/mol. The molecule has 2 aliphatic rings. The molecular formula is C20H26N2O2S. The standard InChI is InChI=1S/C20H26N2O2S/c1-14(16-7-5-4-6-8-16)22-19(23)18(25-20(22)24)13-15-9-11-17(12-10-15)21(2)3/h9-14,16H,4-8H2,1-3H3/b18-13-. The van der Waals surface area contributed by atoms with Crippen molar-refractivity contribution >= 4 is 34.7 Å². The van der Waals surface area contributed by atoms with Crippen molar-refractivity contribution in [3.05, 3.63) is 34.7 Å². The summed E-state index contributed by atoms with van der Waals surface area (Å²) in [6, 6.07) is 7.98. The van der Waals surface area contributed by atoms with E-state index in [0.29, 0.717) is 10.8 Å². The Morgan fingerprint density at radius 3 is 2.36 bits per heavy atom. The number of hydrogen-bond acceptors (Lipinski definition) is 4. The molecule has 1 heterocycles. The third kappa shape index (κ3) is 3.92. The molecule has 1 aromatic rings. The van der Waals surface area contributed by atoms with E-state index < -0.39 is 0 Å². The van der Waals surface area contributed by atoms with Crippen LogP contribution in [0.1, 0.15) is 44.6 Å². The quantitative estimate of drug-likeness (QED) is 0.728. The van der Waals surface area contributed by atoms with Crippen LogP contribution in [0.25, 0.3) is 6.08 Å². The van der Waals surface area contributed by atoms with Gasteiger partial charge >= 0.3 is 0 Å². The fourth-order valence-corrected chi connectivity index (χ4v) is 4.59. The Balaban J connectivity index is 1.75. The molecule has 1 atom stereocenters. The smallest absolute Gasteiger partial charge is 0.293 e. The zero-order chi connectivity index (χ0) is 18.0. The van der Waals surface area contributed by atoms with Crippen molar-refractivity contribution < 1.29 is 9.59 Å². The van der Waals surface area contributed by atoms with E-state index >= 15 is 0 Å². The number of carbonyl (C=O) groups is 2. The molecule has 0 bridgehead atoms. The maximum absolute atomic E-state index is 12.8. The summed E-state index contributed by atoms with van der Waals surface area (Å²) in [4.78, 5) is 29.3. The van der Waals surface area contributed by atoms with Crippen molar-refractivity contribution in [3.63, 3.8) is 0 Å². The fraction of sp³-hybridized carbons (Fsp3) is 0.500. The number of rotatable bonds is 4. The van der Waals surface area contributed by atoms with Crippen LogP contribution in [-0.2, 0) is 4.79 Å². The highest BCUT2D eigenvalue weighted by Crippen LogP contribution is 2.38. The summed E-state index contributed by atoms with van der Waals surface area (Å²) in [5, 5.41) is -0.126. The van der Waals surface area contributed by atoms with Crippen LogP contribution in [0.15, 0.2) is 29.2 Å². The first-order valence-electron chi connectivity index (χ1n) is 9.02. The fourth-order valence-electron chi connectivity index (χ4n) is 3.68. The first-order chi connectivity index (χ1) is 12.0. The van der Waals surface area contributed by atoms with Gasteiger partial charge in [0.05, 0.1) is 4.91 Å². The third-order valence-electron chi connectivity index (χ3n) is 5.27. The maximum Gasteiger partial charge on any atom is 0.293 e. The van der Waals surface area contributed by atoms with Gasteiger partial charge in [-0.3, -0.25) is 14.5 Å². The second-order valence-corrected chi connectivity index (χ2v) is 8.17. The molecule has 2 fully saturated rings. The lowest BCUT2D eigenvalue weighted by Gasteiger charge is -2.32. The summed E-state index contributed by atoms with van der Waals surface area (Å²) in [5.74, 6) is 0.311. The number of imide groups is 1. The van der Waals surface area contributed by atoms with Gasteiger partial charge in [-0.25, -0.2) is 0 Å². The zero-order valence-electron chi connectivity index (χ0n) is 15.2. The lowest BCUT2D eigenvalue weighted by molar-refractivity contribution is -0.125. The topological polar surface area (TPSA) is 40.6 Å². The molecule has 0 N–H and O–H groups in total. The minimum Gasteiger partial charge on any atom is -0.378 e. The van der Waals surface area contributed by atoms with Crippen LogP contribution in [0.5, 0.6) is 0 Å². The molecular weight excluding hydrogens is 332 g/mol. The largest absolute Gasteiger partial charge is 0.378 e. The van der Waals surface area contributed by atoms with Gasteiger partial charge in [-0.1, -0.05) is 31.4 Å². The molecule has 1 aliphatic heterocycles. The predicted octanol–water partition coefficient (Wildman–Crippen LogP) is 4.76.